The molecule has 1 aromatic heterocycles. The summed E-state index contributed by atoms with van der Waals surface area (Å²) < 4.78 is 7.59. The summed E-state index contributed by atoms with van der Waals surface area (Å²) in [5.74, 6) is 1.05. The fraction of sp³-hybridized carbons (Fsp3) is 0.200. The Balaban J connectivity index is 2.60. The molecule has 2 aromatic rings. The first kappa shape index (κ1) is 10.7. The predicted octanol–water partition coefficient (Wildman–Crippen LogP) is 1.91. The second kappa shape index (κ2) is 4.36. The normalized spacial score (nSPS) is 10.3. The van der Waals surface area contributed by atoms with Gasteiger partial charge >= 0.3 is 0 Å². The van der Waals surface area contributed by atoms with Crippen LogP contribution in [0.3, 0.4) is 0 Å². The number of aromatic nitrogens is 3. The largest absolute Gasteiger partial charge is 0.492 e. The van der Waals surface area contributed by atoms with Crippen molar-refractivity contribution in [2.75, 3.05) is 12.3 Å². The third kappa shape index (κ3) is 1.79. The highest BCUT2D eigenvalue weighted by atomic mass is 32.1. The van der Waals surface area contributed by atoms with Crippen LogP contribution in [-0.2, 0) is 0 Å². The van der Waals surface area contributed by atoms with E-state index in [1.54, 1.807) is 4.57 Å². The smallest absolute Gasteiger partial charge is 0.225 e. The van der Waals surface area contributed by atoms with Crippen molar-refractivity contribution in [3.05, 3.63) is 29.0 Å². The molecular weight excluding hydrogens is 224 g/mol. The zero-order chi connectivity index (χ0) is 11.5. The van der Waals surface area contributed by atoms with Gasteiger partial charge in [-0.3, -0.25) is 4.57 Å². The Morgan fingerprint density at radius 2 is 2.25 bits per heavy atom. The van der Waals surface area contributed by atoms with Gasteiger partial charge < -0.3 is 10.5 Å². The molecule has 0 bridgehead atoms. The summed E-state index contributed by atoms with van der Waals surface area (Å²) in [4.78, 5) is 0. The lowest BCUT2D eigenvalue weighted by Gasteiger charge is -2.10. The molecule has 0 aliphatic rings. The molecule has 5 nitrogen and oxygen atoms in total. The molecule has 0 atom stereocenters. The highest BCUT2D eigenvalue weighted by Gasteiger charge is 2.09. The molecule has 0 spiro atoms. The number of nitrogens with one attached hydrogen (secondary N) is 1. The number of anilines is 1. The van der Waals surface area contributed by atoms with E-state index in [1.807, 2.05) is 31.2 Å². The van der Waals surface area contributed by atoms with Crippen molar-refractivity contribution in [2.45, 2.75) is 6.92 Å². The Hall–Kier alpha value is -1.82. The van der Waals surface area contributed by atoms with Crippen LogP contribution < -0.4 is 10.5 Å². The SMILES string of the molecule is CCOc1ccccc1-n1c(N)n[nH]c1=S. The molecule has 0 saturated carbocycles. The number of para-hydroxylation sites is 2. The van der Waals surface area contributed by atoms with Crippen molar-refractivity contribution in [1.82, 2.24) is 14.8 Å². The number of H-pyrrole nitrogens is 1. The molecule has 0 amide bonds. The highest BCUT2D eigenvalue weighted by molar-refractivity contribution is 7.71. The van der Waals surface area contributed by atoms with Crippen LogP contribution in [0.4, 0.5) is 5.95 Å². The predicted molar refractivity (Wildman–Crippen MR) is 64.3 cm³/mol. The summed E-state index contributed by atoms with van der Waals surface area (Å²) in [6.07, 6.45) is 0. The van der Waals surface area contributed by atoms with E-state index in [2.05, 4.69) is 10.2 Å². The van der Waals surface area contributed by atoms with E-state index < -0.39 is 0 Å². The topological polar surface area (TPSA) is 68.9 Å². The van der Waals surface area contributed by atoms with Crippen LogP contribution in [0.5, 0.6) is 5.75 Å². The molecule has 0 saturated heterocycles. The summed E-state index contributed by atoms with van der Waals surface area (Å²) >= 11 is 5.11. The first-order chi connectivity index (χ1) is 7.74. The number of nitrogens with zero attached hydrogens (tertiary/aromatic N) is 2. The molecule has 1 heterocycles. The highest BCUT2D eigenvalue weighted by Crippen LogP contribution is 2.24. The van der Waals surface area contributed by atoms with Gasteiger partial charge in [0.05, 0.1) is 12.3 Å². The summed E-state index contributed by atoms with van der Waals surface area (Å²) in [5, 5.41) is 6.50. The van der Waals surface area contributed by atoms with Gasteiger partial charge in [-0.15, -0.1) is 5.10 Å². The average Bonchev–Trinajstić information content (AvgIpc) is 2.60. The molecule has 0 aliphatic carbocycles. The van der Waals surface area contributed by atoms with Crippen molar-refractivity contribution >= 4 is 18.2 Å². The van der Waals surface area contributed by atoms with E-state index in [0.717, 1.165) is 11.4 Å². The second-order valence-corrected chi connectivity index (χ2v) is 3.51. The molecule has 84 valence electrons. The van der Waals surface area contributed by atoms with Crippen LogP contribution in [0, 0.1) is 4.77 Å². The van der Waals surface area contributed by atoms with Crippen molar-refractivity contribution in [3.63, 3.8) is 0 Å². The zero-order valence-electron chi connectivity index (χ0n) is 8.80. The minimum atomic E-state index is 0.317. The second-order valence-electron chi connectivity index (χ2n) is 3.12. The van der Waals surface area contributed by atoms with E-state index in [9.17, 15) is 0 Å². The summed E-state index contributed by atoms with van der Waals surface area (Å²) in [5.41, 5.74) is 6.53. The Bertz CT molecular complexity index is 546. The standard InChI is InChI=1S/C10H12N4OS/c1-2-15-8-6-4-3-5-7(8)14-9(11)12-13-10(14)16/h3-6H,2H2,1H3,(H2,11,12)(H,13,16). The number of nitrogens with two attached hydrogens (primary N) is 1. The third-order valence-electron chi connectivity index (χ3n) is 2.10. The van der Waals surface area contributed by atoms with Crippen LogP contribution in [0.1, 0.15) is 6.92 Å². The number of rotatable bonds is 3. The molecule has 0 unspecified atom stereocenters. The molecule has 0 aliphatic heterocycles. The average molecular weight is 236 g/mol. The van der Waals surface area contributed by atoms with Gasteiger partial charge in [-0.05, 0) is 31.3 Å². The van der Waals surface area contributed by atoms with Crippen molar-refractivity contribution in [3.8, 4) is 11.4 Å². The number of benzene rings is 1. The molecule has 2 rings (SSSR count). The molecule has 0 fully saturated rings. The maximum Gasteiger partial charge on any atom is 0.225 e. The van der Waals surface area contributed by atoms with E-state index in [4.69, 9.17) is 22.7 Å². The summed E-state index contributed by atoms with van der Waals surface area (Å²) in [6, 6.07) is 7.54. The van der Waals surface area contributed by atoms with Gasteiger partial charge in [0.15, 0.2) is 0 Å². The van der Waals surface area contributed by atoms with E-state index in [0.29, 0.717) is 17.3 Å². The van der Waals surface area contributed by atoms with E-state index >= 15 is 0 Å². The van der Waals surface area contributed by atoms with Gasteiger partial charge in [-0.25, -0.2) is 5.10 Å². The number of hydrogen-bond donors (Lipinski definition) is 2. The van der Waals surface area contributed by atoms with Gasteiger partial charge in [0.1, 0.15) is 5.75 Å². The molecule has 0 radical (unpaired) electrons. The quantitative estimate of drug-likeness (QED) is 0.799. The Kier molecular flexibility index (Phi) is 2.91. The summed E-state index contributed by atoms with van der Waals surface area (Å²) in [7, 11) is 0. The maximum absolute atomic E-state index is 5.74. The molecule has 16 heavy (non-hydrogen) atoms. The monoisotopic (exact) mass is 236 g/mol. The molecular formula is C10H12N4OS. The van der Waals surface area contributed by atoms with E-state index in [1.165, 1.54) is 0 Å². The third-order valence-corrected chi connectivity index (χ3v) is 2.38. The minimum absolute atomic E-state index is 0.317. The van der Waals surface area contributed by atoms with Crippen molar-refractivity contribution in [1.29, 1.82) is 0 Å². The Morgan fingerprint density at radius 3 is 2.88 bits per heavy atom. The van der Waals surface area contributed by atoms with Gasteiger partial charge in [0, 0.05) is 0 Å². The number of nitrogen functional groups attached to an aromatic ring is 1. The Labute approximate surface area is 97.9 Å². The lowest BCUT2D eigenvalue weighted by Crippen LogP contribution is -2.04. The van der Waals surface area contributed by atoms with Crippen LogP contribution in [0.15, 0.2) is 24.3 Å². The lowest BCUT2D eigenvalue weighted by atomic mass is 10.3. The molecule has 3 N–H and O–H groups in total. The lowest BCUT2D eigenvalue weighted by molar-refractivity contribution is 0.339. The molecule has 1 aromatic carbocycles. The fourth-order valence-corrected chi connectivity index (χ4v) is 1.70. The number of hydrogen-bond acceptors (Lipinski definition) is 4. The van der Waals surface area contributed by atoms with E-state index in [-0.39, 0.29) is 0 Å². The van der Waals surface area contributed by atoms with Crippen LogP contribution >= 0.6 is 12.2 Å². The van der Waals surface area contributed by atoms with Crippen molar-refractivity contribution in [2.24, 2.45) is 0 Å². The number of aromatic amines is 1. The Morgan fingerprint density at radius 1 is 1.50 bits per heavy atom. The first-order valence-corrected chi connectivity index (χ1v) is 5.30. The van der Waals surface area contributed by atoms with Crippen LogP contribution in [-0.4, -0.2) is 21.4 Å². The molecule has 6 heteroatoms. The first-order valence-electron chi connectivity index (χ1n) is 4.89. The maximum atomic E-state index is 5.74. The van der Waals surface area contributed by atoms with Crippen molar-refractivity contribution < 1.29 is 4.74 Å². The zero-order valence-corrected chi connectivity index (χ0v) is 9.62. The minimum Gasteiger partial charge on any atom is -0.492 e. The van der Waals surface area contributed by atoms with Gasteiger partial charge in [-0.1, -0.05) is 12.1 Å². The van der Waals surface area contributed by atoms with Gasteiger partial charge in [-0.2, -0.15) is 0 Å². The van der Waals surface area contributed by atoms with Gasteiger partial charge in [0.25, 0.3) is 0 Å². The fourth-order valence-electron chi connectivity index (χ4n) is 1.46. The summed E-state index contributed by atoms with van der Waals surface area (Å²) in [6.45, 7) is 2.51. The van der Waals surface area contributed by atoms with Crippen LogP contribution in [0.2, 0.25) is 0 Å². The van der Waals surface area contributed by atoms with Gasteiger partial charge in [0.2, 0.25) is 10.7 Å². The van der Waals surface area contributed by atoms with Crippen LogP contribution in [0.25, 0.3) is 5.69 Å². The number of ether oxygens (including phenoxy) is 1.